The SMILES string of the molecule is O=C(O)[C@@H]1[C@@H](Cc2cccc3c2OCO3)C(=O)N1C(=O)N[C@@H](C1CCCCC1)C(F)(F)F. The summed E-state index contributed by atoms with van der Waals surface area (Å²) >= 11 is 0. The molecule has 1 saturated carbocycles. The summed E-state index contributed by atoms with van der Waals surface area (Å²) in [7, 11) is 0. The van der Waals surface area contributed by atoms with Crippen molar-refractivity contribution in [2.45, 2.75) is 56.8 Å². The number of para-hydroxylation sites is 1. The minimum atomic E-state index is -4.70. The maximum absolute atomic E-state index is 13.6. The summed E-state index contributed by atoms with van der Waals surface area (Å²) < 4.78 is 51.5. The number of β-lactam (4-membered cyclic amide) rings is 1. The molecular formula is C21H23F3N2O6. The first-order valence-corrected chi connectivity index (χ1v) is 10.5. The zero-order chi connectivity index (χ0) is 23.0. The Morgan fingerprint density at radius 3 is 2.56 bits per heavy atom. The third-order valence-corrected chi connectivity index (χ3v) is 6.36. The molecule has 3 amide bonds. The van der Waals surface area contributed by atoms with Crippen molar-refractivity contribution in [1.29, 1.82) is 0 Å². The molecular weight excluding hydrogens is 433 g/mol. The van der Waals surface area contributed by atoms with E-state index in [0.717, 1.165) is 6.42 Å². The number of carbonyl (C=O) groups is 3. The third kappa shape index (κ3) is 4.07. The molecule has 1 saturated heterocycles. The fourth-order valence-electron chi connectivity index (χ4n) is 4.78. The number of aliphatic carboxylic acids is 1. The second-order valence-electron chi connectivity index (χ2n) is 8.32. The molecule has 4 rings (SSSR count). The summed E-state index contributed by atoms with van der Waals surface area (Å²) in [5, 5.41) is 11.5. The summed E-state index contributed by atoms with van der Waals surface area (Å²) in [4.78, 5) is 37.5. The van der Waals surface area contributed by atoms with Gasteiger partial charge in [0, 0.05) is 0 Å². The molecule has 174 valence electrons. The van der Waals surface area contributed by atoms with Crippen molar-refractivity contribution >= 4 is 17.9 Å². The van der Waals surface area contributed by atoms with Crippen molar-refractivity contribution < 1.29 is 42.1 Å². The van der Waals surface area contributed by atoms with Gasteiger partial charge in [0.15, 0.2) is 17.5 Å². The number of hydrogen-bond acceptors (Lipinski definition) is 5. The van der Waals surface area contributed by atoms with E-state index in [2.05, 4.69) is 0 Å². The predicted molar refractivity (Wildman–Crippen MR) is 103 cm³/mol. The van der Waals surface area contributed by atoms with E-state index in [1.807, 2.05) is 5.32 Å². The molecule has 3 atom stereocenters. The van der Waals surface area contributed by atoms with Crippen LogP contribution >= 0.6 is 0 Å². The van der Waals surface area contributed by atoms with Gasteiger partial charge in [-0.15, -0.1) is 0 Å². The molecule has 2 N–H and O–H groups in total. The van der Waals surface area contributed by atoms with Gasteiger partial charge in [-0.05, 0) is 36.8 Å². The largest absolute Gasteiger partial charge is 0.480 e. The van der Waals surface area contributed by atoms with Gasteiger partial charge in [-0.25, -0.2) is 14.5 Å². The van der Waals surface area contributed by atoms with Gasteiger partial charge in [0.05, 0.1) is 5.92 Å². The number of hydrogen-bond donors (Lipinski definition) is 2. The number of alkyl halides is 3. The summed E-state index contributed by atoms with van der Waals surface area (Å²) in [6.07, 6.45) is -2.04. The van der Waals surface area contributed by atoms with Crippen molar-refractivity contribution in [3.63, 3.8) is 0 Å². The number of nitrogens with one attached hydrogen (secondary N) is 1. The molecule has 8 nitrogen and oxygen atoms in total. The van der Waals surface area contributed by atoms with E-state index in [9.17, 15) is 32.7 Å². The number of nitrogens with zero attached hydrogens (tertiary/aromatic N) is 1. The molecule has 0 aromatic heterocycles. The molecule has 11 heteroatoms. The number of imide groups is 1. The molecule has 0 spiro atoms. The van der Waals surface area contributed by atoms with E-state index in [1.54, 1.807) is 18.2 Å². The third-order valence-electron chi connectivity index (χ3n) is 6.36. The first-order valence-electron chi connectivity index (χ1n) is 10.5. The van der Waals surface area contributed by atoms with E-state index in [0.29, 0.717) is 47.6 Å². The van der Waals surface area contributed by atoms with Crippen molar-refractivity contribution in [1.82, 2.24) is 10.2 Å². The second-order valence-corrected chi connectivity index (χ2v) is 8.32. The quantitative estimate of drug-likeness (QED) is 0.660. The van der Waals surface area contributed by atoms with Gasteiger partial charge < -0.3 is 19.9 Å². The Morgan fingerprint density at radius 2 is 1.91 bits per heavy atom. The van der Waals surface area contributed by atoms with Crippen LogP contribution in [0, 0.1) is 11.8 Å². The van der Waals surface area contributed by atoms with Crippen LogP contribution in [0.5, 0.6) is 11.5 Å². The summed E-state index contributed by atoms with van der Waals surface area (Å²) in [5.74, 6) is -3.36. The Balaban J connectivity index is 1.49. The van der Waals surface area contributed by atoms with Crippen LogP contribution in [0.2, 0.25) is 0 Å². The monoisotopic (exact) mass is 456 g/mol. The smallest absolute Gasteiger partial charge is 0.408 e. The summed E-state index contributed by atoms with van der Waals surface area (Å²) in [5.41, 5.74) is 0.528. The average Bonchev–Trinajstić information content (AvgIpc) is 3.22. The van der Waals surface area contributed by atoms with Crippen LogP contribution in [-0.2, 0) is 16.0 Å². The van der Waals surface area contributed by atoms with Gasteiger partial charge >= 0.3 is 18.2 Å². The van der Waals surface area contributed by atoms with Gasteiger partial charge in [-0.1, -0.05) is 31.4 Å². The lowest BCUT2D eigenvalue weighted by Crippen LogP contribution is -2.70. The van der Waals surface area contributed by atoms with Crippen LogP contribution in [0.1, 0.15) is 37.7 Å². The average molecular weight is 456 g/mol. The number of urea groups is 1. The lowest BCUT2D eigenvalue weighted by atomic mass is 9.81. The molecule has 1 aromatic rings. The number of fused-ring (bicyclic) bond motifs is 1. The van der Waals surface area contributed by atoms with Crippen LogP contribution in [-0.4, -0.2) is 53.0 Å². The van der Waals surface area contributed by atoms with E-state index in [4.69, 9.17) is 9.47 Å². The molecule has 2 fully saturated rings. The normalized spacial score (nSPS) is 24.1. The number of benzene rings is 1. The number of likely N-dealkylation sites (tertiary alicyclic amines) is 1. The molecule has 2 heterocycles. The van der Waals surface area contributed by atoms with Crippen molar-refractivity contribution in [3.05, 3.63) is 23.8 Å². The van der Waals surface area contributed by atoms with Crippen molar-refractivity contribution in [2.24, 2.45) is 11.8 Å². The maximum Gasteiger partial charge on any atom is 0.408 e. The van der Waals surface area contributed by atoms with E-state index in [1.165, 1.54) is 0 Å². The van der Waals surface area contributed by atoms with Crippen LogP contribution < -0.4 is 14.8 Å². The number of halogens is 3. The number of carboxylic acids is 1. The highest BCUT2D eigenvalue weighted by atomic mass is 19.4. The van der Waals surface area contributed by atoms with Crippen LogP contribution in [0.25, 0.3) is 0 Å². The molecule has 1 aromatic carbocycles. The molecule has 0 unspecified atom stereocenters. The van der Waals surface area contributed by atoms with Gasteiger partial charge in [-0.3, -0.25) is 4.79 Å². The predicted octanol–water partition coefficient (Wildman–Crippen LogP) is 3.09. The Bertz CT molecular complexity index is 915. The fraction of sp³-hybridized carbons (Fsp3) is 0.571. The molecule has 0 radical (unpaired) electrons. The molecule has 0 bridgehead atoms. The van der Waals surface area contributed by atoms with Gasteiger partial charge in [0.25, 0.3) is 0 Å². The molecule has 3 aliphatic rings. The van der Waals surface area contributed by atoms with Crippen LogP contribution in [0.15, 0.2) is 18.2 Å². The van der Waals surface area contributed by atoms with E-state index < -0.39 is 48.0 Å². The highest BCUT2D eigenvalue weighted by Gasteiger charge is 2.56. The number of carboxylic acid groups (broad SMARTS) is 1. The Labute approximate surface area is 181 Å². The zero-order valence-electron chi connectivity index (χ0n) is 17.1. The first-order chi connectivity index (χ1) is 15.2. The number of ether oxygens (including phenoxy) is 2. The van der Waals surface area contributed by atoms with E-state index in [-0.39, 0.29) is 13.2 Å². The van der Waals surface area contributed by atoms with Crippen LogP contribution in [0.4, 0.5) is 18.0 Å². The van der Waals surface area contributed by atoms with Crippen molar-refractivity contribution in [3.8, 4) is 11.5 Å². The number of carbonyl (C=O) groups excluding carboxylic acids is 2. The van der Waals surface area contributed by atoms with Crippen molar-refractivity contribution in [2.75, 3.05) is 6.79 Å². The summed E-state index contributed by atoms with van der Waals surface area (Å²) in [6, 6.07) is -0.0640. The fourth-order valence-corrected chi connectivity index (χ4v) is 4.78. The minimum absolute atomic E-state index is 0.0121. The Morgan fingerprint density at radius 1 is 1.19 bits per heavy atom. The molecule has 2 aliphatic heterocycles. The lowest BCUT2D eigenvalue weighted by molar-refractivity contribution is -0.172. The lowest BCUT2D eigenvalue weighted by Gasteiger charge is -2.44. The molecule has 32 heavy (non-hydrogen) atoms. The van der Waals surface area contributed by atoms with Gasteiger partial charge in [-0.2, -0.15) is 13.2 Å². The van der Waals surface area contributed by atoms with Crippen LogP contribution in [0.3, 0.4) is 0 Å². The maximum atomic E-state index is 13.6. The minimum Gasteiger partial charge on any atom is -0.480 e. The van der Waals surface area contributed by atoms with E-state index >= 15 is 0 Å². The number of amides is 3. The zero-order valence-corrected chi connectivity index (χ0v) is 17.1. The second kappa shape index (κ2) is 8.51. The molecule has 1 aliphatic carbocycles. The highest BCUT2D eigenvalue weighted by molar-refractivity contribution is 6.07. The standard InChI is InChI=1S/C21H23F3N2O6/c22-21(23,24)17(11-5-2-1-3-6-11)25-20(30)26-15(19(28)29)13(18(26)27)9-12-7-4-8-14-16(12)32-10-31-14/h4,7-8,11,13,15,17H,1-3,5-6,9-10H2,(H,25,30)(H,28,29)/t13-,15+,17+/m1/s1. The Hall–Kier alpha value is -2.98. The summed E-state index contributed by atoms with van der Waals surface area (Å²) in [6.45, 7) is -0.0121. The number of rotatable bonds is 5. The van der Waals surface area contributed by atoms with Gasteiger partial charge in [0.2, 0.25) is 12.7 Å². The Kier molecular flexibility index (Phi) is 5.91. The topological polar surface area (TPSA) is 105 Å². The van der Waals surface area contributed by atoms with Gasteiger partial charge in [0.1, 0.15) is 6.04 Å². The highest BCUT2D eigenvalue weighted by Crippen LogP contribution is 2.40. The first kappa shape index (κ1) is 22.2.